The Morgan fingerprint density at radius 3 is 3.08 bits per heavy atom. The van der Waals surface area contributed by atoms with Crippen LogP contribution in [0.2, 0.25) is 0 Å². The molecule has 24 heavy (non-hydrogen) atoms. The van der Waals surface area contributed by atoms with Gasteiger partial charge in [0.1, 0.15) is 5.69 Å². The molecule has 1 unspecified atom stereocenters. The van der Waals surface area contributed by atoms with Gasteiger partial charge in [0.2, 0.25) is 0 Å². The molecule has 1 saturated heterocycles. The molecule has 0 aliphatic carbocycles. The third kappa shape index (κ3) is 4.11. The number of nitrogens with zero attached hydrogens (tertiary/aromatic N) is 4. The number of imidazole rings is 1. The lowest BCUT2D eigenvalue weighted by atomic mass is 10.1. The van der Waals surface area contributed by atoms with Crippen LogP contribution in [-0.4, -0.2) is 39.1 Å². The number of aromatic nitrogens is 4. The van der Waals surface area contributed by atoms with Crippen molar-refractivity contribution in [3.63, 3.8) is 0 Å². The average Bonchev–Trinajstić information content (AvgIpc) is 3.24. The summed E-state index contributed by atoms with van der Waals surface area (Å²) in [6, 6.07) is 2.18. The minimum Gasteiger partial charge on any atom is -0.381 e. The van der Waals surface area contributed by atoms with Crippen molar-refractivity contribution >= 4 is 24.8 Å². The van der Waals surface area contributed by atoms with Crippen LogP contribution in [0.5, 0.6) is 0 Å². The summed E-state index contributed by atoms with van der Waals surface area (Å²) in [7, 11) is 0. The Hall–Kier alpha value is -1.08. The second-order valence-corrected chi connectivity index (χ2v) is 6.24. The van der Waals surface area contributed by atoms with Crippen LogP contribution in [0.15, 0.2) is 18.5 Å². The second kappa shape index (κ2) is 8.85. The molecule has 8 heteroatoms. The molecule has 1 fully saturated rings. The van der Waals surface area contributed by atoms with Crippen LogP contribution in [0.1, 0.15) is 25.0 Å². The quantitative estimate of drug-likeness (QED) is 0.894. The molecule has 2 aromatic rings. The molecular formula is C16H25Cl2N5O. The van der Waals surface area contributed by atoms with Crippen LogP contribution in [0.4, 0.5) is 0 Å². The minimum absolute atomic E-state index is 0. The van der Waals surface area contributed by atoms with Crippen molar-refractivity contribution in [2.45, 2.75) is 38.9 Å². The monoisotopic (exact) mass is 373 g/mol. The van der Waals surface area contributed by atoms with Crippen LogP contribution in [0.25, 0.3) is 11.5 Å². The van der Waals surface area contributed by atoms with Crippen LogP contribution in [0, 0.1) is 5.92 Å². The number of fused-ring (bicyclic) bond motifs is 1. The fraction of sp³-hybridized carbons (Fsp3) is 0.625. The molecule has 2 aliphatic rings. The van der Waals surface area contributed by atoms with Gasteiger partial charge < -0.3 is 14.6 Å². The lowest BCUT2D eigenvalue weighted by Crippen LogP contribution is -2.11. The number of hydrogen-bond acceptors (Lipinski definition) is 4. The normalized spacial score (nSPS) is 19.9. The summed E-state index contributed by atoms with van der Waals surface area (Å²) < 4.78 is 9.82. The molecule has 4 rings (SSSR count). The number of halogens is 2. The fourth-order valence-corrected chi connectivity index (χ4v) is 3.33. The molecule has 6 nitrogen and oxygen atoms in total. The van der Waals surface area contributed by atoms with E-state index in [1.165, 1.54) is 12.1 Å². The standard InChI is InChI=1S/C16H23N5O.2ClH/c1-4-17-11-14-10-15(19-21(14)6-1)16-18-5-8-20(16)7-2-13-3-9-22-12-13;;/h5,8,10,13,17H,1-4,6-7,9,11-12H2;2*1H. The first-order valence-corrected chi connectivity index (χ1v) is 8.27. The van der Waals surface area contributed by atoms with Gasteiger partial charge in [0, 0.05) is 45.2 Å². The molecule has 0 saturated carbocycles. The Morgan fingerprint density at radius 2 is 2.25 bits per heavy atom. The number of ether oxygens (including phenoxy) is 1. The first-order chi connectivity index (χ1) is 10.9. The number of aryl methyl sites for hydroxylation is 2. The lowest BCUT2D eigenvalue weighted by Gasteiger charge is -2.09. The van der Waals surface area contributed by atoms with Crippen LogP contribution >= 0.6 is 24.8 Å². The first-order valence-electron chi connectivity index (χ1n) is 8.27. The topological polar surface area (TPSA) is 56.9 Å². The zero-order valence-corrected chi connectivity index (χ0v) is 15.3. The lowest BCUT2D eigenvalue weighted by molar-refractivity contribution is 0.183. The SMILES string of the molecule is Cl.Cl.c1cn(CCC2CCOC2)c(-c2cc3n(n2)CCCNC3)n1. The Kier molecular flexibility index (Phi) is 7.10. The molecule has 1 atom stereocenters. The van der Waals surface area contributed by atoms with E-state index < -0.39 is 0 Å². The Morgan fingerprint density at radius 1 is 1.33 bits per heavy atom. The van der Waals surface area contributed by atoms with Crippen molar-refractivity contribution in [2.24, 2.45) is 5.92 Å². The van der Waals surface area contributed by atoms with Crippen LogP contribution in [0.3, 0.4) is 0 Å². The summed E-state index contributed by atoms with van der Waals surface area (Å²) in [5.41, 5.74) is 2.25. The summed E-state index contributed by atoms with van der Waals surface area (Å²) in [5, 5.41) is 8.20. The molecule has 0 aromatic carbocycles. The van der Waals surface area contributed by atoms with Gasteiger partial charge in [-0.05, 0) is 37.8 Å². The fourth-order valence-electron chi connectivity index (χ4n) is 3.33. The van der Waals surface area contributed by atoms with E-state index in [1.807, 2.05) is 6.20 Å². The van der Waals surface area contributed by atoms with E-state index >= 15 is 0 Å². The highest BCUT2D eigenvalue weighted by Crippen LogP contribution is 2.22. The van der Waals surface area contributed by atoms with E-state index in [2.05, 4.69) is 31.8 Å². The van der Waals surface area contributed by atoms with Gasteiger partial charge in [0.25, 0.3) is 0 Å². The van der Waals surface area contributed by atoms with Gasteiger partial charge in [-0.25, -0.2) is 4.98 Å². The summed E-state index contributed by atoms with van der Waals surface area (Å²) in [6.45, 7) is 5.77. The Labute approximate surface area is 154 Å². The molecule has 0 radical (unpaired) electrons. The molecule has 0 bridgehead atoms. The predicted molar refractivity (Wildman–Crippen MR) is 97.8 cm³/mol. The van der Waals surface area contributed by atoms with E-state index in [0.717, 1.165) is 63.8 Å². The van der Waals surface area contributed by atoms with Crippen molar-refractivity contribution in [1.29, 1.82) is 0 Å². The highest BCUT2D eigenvalue weighted by Gasteiger charge is 2.18. The van der Waals surface area contributed by atoms with Crippen molar-refractivity contribution in [3.8, 4) is 11.5 Å². The number of rotatable bonds is 4. The highest BCUT2D eigenvalue weighted by atomic mass is 35.5. The van der Waals surface area contributed by atoms with Gasteiger partial charge in [-0.1, -0.05) is 0 Å². The molecule has 0 amide bonds. The van der Waals surface area contributed by atoms with Crippen LogP contribution < -0.4 is 5.32 Å². The zero-order valence-electron chi connectivity index (χ0n) is 13.7. The first kappa shape index (κ1) is 19.2. The van der Waals surface area contributed by atoms with Crippen molar-refractivity contribution in [3.05, 3.63) is 24.2 Å². The van der Waals surface area contributed by atoms with E-state index in [9.17, 15) is 0 Å². The molecule has 0 spiro atoms. The maximum absolute atomic E-state index is 5.46. The van der Waals surface area contributed by atoms with Crippen molar-refractivity contribution in [1.82, 2.24) is 24.6 Å². The average molecular weight is 374 g/mol. The summed E-state index contributed by atoms with van der Waals surface area (Å²) in [4.78, 5) is 4.53. The third-order valence-electron chi connectivity index (χ3n) is 4.64. The molecule has 4 heterocycles. The maximum atomic E-state index is 5.46. The molecular weight excluding hydrogens is 349 g/mol. The van der Waals surface area contributed by atoms with Gasteiger partial charge in [0.05, 0.1) is 5.69 Å². The second-order valence-electron chi connectivity index (χ2n) is 6.24. The van der Waals surface area contributed by atoms with Crippen molar-refractivity contribution < 1.29 is 4.74 Å². The van der Waals surface area contributed by atoms with Gasteiger partial charge in [-0.15, -0.1) is 24.8 Å². The maximum Gasteiger partial charge on any atom is 0.160 e. The number of hydrogen-bond donors (Lipinski definition) is 1. The third-order valence-corrected chi connectivity index (χ3v) is 4.64. The van der Waals surface area contributed by atoms with Gasteiger partial charge in [-0.2, -0.15) is 5.10 Å². The largest absolute Gasteiger partial charge is 0.381 e. The zero-order chi connectivity index (χ0) is 14.8. The summed E-state index contributed by atoms with van der Waals surface area (Å²) >= 11 is 0. The van der Waals surface area contributed by atoms with Gasteiger partial charge in [0.15, 0.2) is 5.82 Å². The summed E-state index contributed by atoms with van der Waals surface area (Å²) in [6.07, 6.45) is 7.41. The Bertz CT molecular complexity index is 613. The predicted octanol–water partition coefficient (Wildman–Crippen LogP) is 2.51. The molecule has 2 aromatic heterocycles. The minimum atomic E-state index is 0. The van der Waals surface area contributed by atoms with E-state index in [4.69, 9.17) is 9.84 Å². The molecule has 134 valence electrons. The summed E-state index contributed by atoms with van der Waals surface area (Å²) in [5.74, 6) is 1.68. The van der Waals surface area contributed by atoms with E-state index in [0.29, 0.717) is 5.92 Å². The highest BCUT2D eigenvalue weighted by molar-refractivity contribution is 5.85. The molecule has 1 N–H and O–H groups in total. The van der Waals surface area contributed by atoms with Gasteiger partial charge in [-0.3, -0.25) is 4.68 Å². The molecule has 2 aliphatic heterocycles. The number of nitrogens with one attached hydrogen (secondary N) is 1. The van der Waals surface area contributed by atoms with Gasteiger partial charge >= 0.3 is 0 Å². The Balaban J connectivity index is 0.00000104. The van der Waals surface area contributed by atoms with E-state index in [-0.39, 0.29) is 24.8 Å². The van der Waals surface area contributed by atoms with E-state index in [1.54, 1.807) is 0 Å². The smallest absolute Gasteiger partial charge is 0.160 e. The van der Waals surface area contributed by atoms with Crippen molar-refractivity contribution in [2.75, 3.05) is 19.8 Å². The van der Waals surface area contributed by atoms with Crippen LogP contribution in [-0.2, 0) is 24.4 Å².